The maximum absolute atomic E-state index is 7.57. The molecule has 0 aliphatic rings. The molecule has 0 atom stereocenters. The Balaban J connectivity index is 2.24. The highest BCUT2D eigenvalue weighted by atomic mass is 16.5. The molecule has 1 radical (unpaired) electrons. The van der Waals surface area contributed by atoms with E-state index < -0.39 is 0 Å². The van der Waals surface area contributed by atoms with Gasteiger partial charge in [0, 0.05) is 12.3 Å². The third kappa shape index (κ3) is 2.63. The van der Waals surface area contributed by atoms with Gasteiger partial charge in [-0.05, 0) is 19.1 Å². The number of aryl methyl sites for hydroxylation is 1. The van der Waals surface area contributed by atoms with Gasteiger partial charge in [-0.3, -0.25) is 10.7 Å². The number of rotatable bonds is 3. The Bertz CT molecular complexity index is 529. The maximum Gasteiger partial charge on any atom is 0.238 e. The first kappa shape index (κ1) is 11.2. The third-order valence-electron chi connectivity index (χ3n) is 2.13. The molecule has 0 fully saturated rings. The Kier molecular flexibility index (Phi) is 3.09. The van der Waals surface area contributed by atoms with Gasteiger partial charge in [0.15, 0.2) is 0 Å². The van der Waals surface area contributed by atoms with Crippen LogP contribution >= 0.6 is 0 Å². The lowest BCUT2D eigenvalue weighted by Crippen LogP contribution is -1.92. The number of aromatic nitrogens is 2. The Morgan fingerprint density at radius 3 is 2.76 bits per heavy atom. The molecule has 0 amide bonds. The normalized spacial score (nSPS) is 10.0. The molecule has 2 aromatic rings. The fourth-order valence-corrected chi connectivity index (χ4v) is 1.35. The van der Waals surface area contributed by atoms with E-state index in [-0.39, 0.29) is 0 Å². The minimum atomic E-state index is 0.315. The van der Waals surface area contributed by atoms with Crippen LogP contribution in [0.15, 0.2) is 30.6 Å². The van der Waals surface area contributed by atoms with Crippen molar-refractivity contribution in [2.75, 3.05) is 7.11 Å². The van der Waals surface area contributed by atoms with E-state index >= 15 is 0 Å². The van der Waals surface area contributed by atoms with Crippen LogP contribution in [-0.4, -0.2) is 17.1 Å². The zero-order chi connectivity index (χ0) is 12.3. The van der Waals surface area contributed by atoms with Crippen molar-refractivity contribution >= 4 is 5.69 Å². The predicted octanol–water partition coefficient (Wildman–Crippen LogP) is 2.50. The zero-order valence-electron chi connectivity index (χ0n) is 9.60. The highest BCUT2D eigenvalue weighted by Crippen LogP contribution is 2.29. The molecule has 0 unspecified atom stereocenters. The van der Waals surface area contributed by atoms with E-state index in [1.165, 1.54) is 13.3 Å². The summed E-state index contributed by atoms with van der Waals surface area (Å²) in [5.74, 6) is 1.45. The minimum absolute atomic E-state index is 0.315. The van der Waals surface area contributed by atoms with Crippen LogP contribution in [0.25, 0.3) is 0 Å². The predicted molar refractivity (Wildman–Crippen MR) is 62.6 cm³/mol. The topological polar surface area (TPSA) is 68.0 Å². The largest absolute Gasteiger partial charge is 0.494 e. The lowest BCUT2D eigenvalue weighted by Gasteiger charge is -2.08. The summed E-state index contributed by atoms with van der Waals surface area (Å²) >= 11 is 0. The second-order valence-corrected chi connectivity index (χ2v) is 3.46. The van der Waals surface area contributed by atoms with Crippen LogP contribution in [-0.2, 0) is 0 Å². The van der Waals surface area contributed by atoms with Crippen LogP contribution in [0.3, 0.4) is 0 Å². The second kappa shape index (κ2) is 4.69. The van der Waals surface area contributed by atoms with Crippen LogP contribution in [0.1, 0.15) is 5.69 Å². The van der Waals surface area contributed by atoms with E-state index in [1.807, 2.05) is 6.92 Å². The Morgan fingerprint density at radius 1 is 1.24 bits per heavy atom. The summed E-state index contributed by atoms with van der Waals surface area (Å²) in [6.07, 6.45) is 3.19. The lowest BCUT2D eigenvalue weighted by molar-refractivity contribution is 0.408. The van der Waals surface area contributed by atoms with E-state index in [4.69, 9.17) is 15.2 Å². The Labute approximate surface area is 99.2 Å². The summed E-state index contributed by atoms with van der Waals surface area (Å²) in [4.78, 5) is 8.16. The van der Waals surface area contributed by atoms with E-state index in [2.05, 4.69) is 9.97 Å². The fourth-order valence-electron chi connectivity index (χ4n) is 1.35. The molecule has 0 aliphatic carbocycles. The van der Waals surface area contributed by atoms with Crippen LogP contribution in [0, 0.1) is 6.92 Å². The second-order valence-electron chi connectivity index (χ2n) is 3.46. The van der Waals surface area contributed by atoms with Gasteiger partial charge in [-0.25, -0.2) is 4.98 Å². The van der Waals surface area contributed by atoms with Crippen LogP contribution in [0.5, 0.6) is 17.4 Å². The SMILES string of the molecule is COc1cc(Oc2cncc(C)n2)ccc1[NH]. The molecular weight excluding hydrogens is 218 g/mol. The van der Waals surface area contributed by atoms with Gasteiger partial charge in [0.05, 0.1) is 24.7 Å². The van der Waals surface area contributed by atoms with Gasteiger partial charge in [-0.15, -0.1) is 0 Å². The van der Waals surface area contributed by atoms with E-state index in [1.54, 1.807) is 24.4 Å². The molecule has 2 rings (SSSR count). The van der Waals surface area contributed by atoms with Crippen molar-refractivity contribution in [2.45, 2.75) is 6.92 Å². The van der Waals surface area contributed by atoms with Gasteiger partial charge < -0.3 is 9.47 Å². The van der Waals surface area contributed by atoms with Crippen LogP contribution in [0.4, 0.5) is 5.69 Å². The van der Waals surface area contributed by atoms with Crippen molar-refractivity contribution in [3.63, 3.8) is 0 Å². The summed E-state index contributed by atoms with van der Waals surface area (Å²) in [6.45, 7) is 1.84. The first-order valence-electron chi connectivity index (χ1n) is 5.05. The molecule has 0 saturated heterocycles. The molecule has 0 spiro atoms. The van der Waals surface area contributed by atoms with Gasteiger partial charge in [0.1, 0.15) is 11.5 Å². The number of methoxy groups -OCH3 is 1. The first-order chi connectivity index (χ1) is 8.19. The number of hydrogen-bond donors (Lipinski definition) is 0. The maximum atomic E-state index is 7.57. The quantitative estimate of drug-likeness (QED) is 0.812. The number of nitrogens with one attached hydrogen (secondary N) is 1. The molecular formula is C12H12N3O2. The summed E-state index contributed by atoms with van der Waals surface area (Å²) < 4.78 is 10.6. The monoisotopic (exact) mass is 230 g/mol. The highest BCUT2D eigenvalue weighted by molar-refractivity contribution is 5.53. The van der Waals surface area contributed by atoms with E-state index in [0.29, 0.717) is 23.1 Å². The number of benzene rings is 1. The van der Waals surface area contributed by atoms with Gasteiger partial charge in [0.2, 0.25) is 5.88 Å². The standard InChI is InChI=1S/C12H12N3O2/c1-8-6-14-7-12(15-8)17-9-3-4-10(13)11(5-9)16-2/h3-7,13H,1-2H3. The first-order valence-corrected chi connectivity index (χ1v) is 5.05. The van der Waals surface area contributed by atoms with Crippen molar-refractivity contribution in [1.29, 1.82) is 0 Å². The number of nitrogens with zero attached hydrogens (tertiary/aromatic N) is 2. The fraction of sp³-hybridized carbons (Fsp3) is 0.167. The molecule has 1 N–H and O–H groups in total. The summed E-state index contributed by atoms with van der Waals surface area (Å²) in [5, 5.41) is 0. The van der Waals surface area contributed by atoms with Crippen LogP contribution < -0.4 is 15.2 Å². The molecule has 0 saturated carbocycles. The summed E-state index contributed by atoms with van der Waals surface area (Å²) in [5.41, 5.74) is 8.67. The van der Waals surface area contributed by atoms with E-state index in [9.17, 15) is 0 Å². The molecule has 1 aromatic carbocycles. The molecule has 0 aliphatic heterocycles. The van der Waals surface area contributed by atoms with Crippen LogP contribution in [0.2, 0.25) is 0 Å². The molecule has 5 nitrogen and oxygen atoms in total. The average molecular weight is 230 g/mol. The van der Waals surface area contributed by atoms with Crippen molar-refractivity contribution < 1.29 is 9.47 Å². The smallest absolute Gasteiger partial charge is 0.238 e. The molecule has 1 aromatic heterocycles. The molecule has 0 bridgehead atoms. The third-order valence-corrected chi connectivity index (χ3v) is 2.13. The number of ether oxygens (including phenoxy) is 2. The van der Waals surface area contributed by atoms with Crippen molar-refractivity contribution in [2.24, 2.45) is 0 Å². The minimum Gasteiger partial charge on any atom is -0.494 e. The summed E-state index contributed by atoms with van der Waals surface area (Å²) in [6, 6.07) is 4.94. The van der Waals surface area contributed by atoms with Gasteiger partial charge in [0.25, 0.3) is 0 Å². The van der Waals surface area contributed by atoms with Crippen molar-refractivity contribution in [3.8, 4) is 17.4 Å². The molecule has 1 heterocycles. The molecule has 5 heteroatoms. The van der Waals surface area contributed by atoms with Crippen molar-refractivity contribution in [3.05, 3.63) is 36.3 Å². The highest BCUT2D eigenvalue weighted by Gasteiger charge is 2.04. The zero-order valence-corrected chi connectivity index (χ0v) is 9.60. The van der Waals surface area contributed by atoms with Crippen molar-refractivity contribution in [1.82, 2.24) is 15.7 Å². The molecule has 17 heavy (non-hydrogen) atoms. The lowest BCUT2D eigenvalue weighted by atomic mass is 10.3. The summed E-state index contributed by atoms with van der Waals surface area (Å²) in [7, 11) is 1.52. The average Bonchev–Trinajstić information content (AvgIpc) is 2.32. The van der Waals surface area contributed by atoms with E-state index in [0.717, 1.165) is 5.69 Å². The molecule has 87 valence electrons. The Hall–Kier alpha value is -2.30. The Morgan fingerprint density at radius 2 is 2.06 bits per heavy atom. The van der Waals surface area contributed by atoms with Gasteiger partial charge in [-0.2, -0.15) is 0 Å². The van der Waals surface area contributed by atoms with Gasteiger partial charge in [-0.1, -0.05) is 0 Å². The van der Waals surface area contributed by atoms with Gasteiger partial charge >= 0.3 is 0 Å². The number of hydrogen-bond acceptors (Lipinski definition) is 4.